The van der Waals surface area contributed by atoms with Gasteiger partial charge in [0, 0.05) is 6.04 Å². The third kappa shape index (κ3) is 2.48. The Kier molecular flexibility index (Phi) is 3.50. The van der Waals surface area contributed by atoms with Gasteiger partial charge >= 0.3 is 7.82 Å². The van der Waals surface area contributed by atoms with Gasteiger partial charge in [-0.3, -0.25) is 9.09 Å². The summed E-state index contributed by atoms with van der Waals surface area (Å²) in [5, 5.41) is 24.9. The van der Waals surface area contributed by atoms with Crippen molar-refractivity contribution in [3.63, 3.8) is 0 Å². The zero-order valence-corrected chi connectivity index (χ0v) is 15.5. The Morgan fingerprint density at radius 1 is 1.39 bits per heavy atom. The molecule has 152 valence electrons. The van der Waals surface area contributed by atoms with Crippen LogP contribution in [0.25, 0.3) is 11.2 Å². The number of nitrogen functional groups attached to an aromatic ring is 1. The number of nitrogens with two attached hydrogens (primary N) is 1. The molecule has 14 heteroatoms. The number of nitrogens with zero attached hydrogens (tertiary/aromatic N) is 4. The fraction of sp³-hybridized carbons (Fsp3) is 0.643. The van der Waals surface area contributed by atoms with Crippen molar-refractivity contribution in [2.45, 2.75) is 55.4 Å². The standard InChI is InChI=1S/C14H19N6O7P/c1-13(21)11(26-7-8(14(7,13)22)27-28(23,24)25)20-4-16-6-9(17-5-2-3-5)18-12(15)19-10(6)20/h4-5,7-8,11,21-22H,2-3H2,1H3,(H2,23,24,25)(H3,15,17,18,19)/t7-,8?,11-,13+,14+/m1/s1. The van der Waals surface area contributed by atoms with Gasteiger partial charge in [-0.05, 0) is 19.8 Å². The Hall–Kier alpha value is -1.86. The lowest BCUT2D eigenvalue weighted by atomic mass is 9.95. The van der Waals surface area contributed by atoms with Crippen molar-refractivity contribution < 1.29 is 33.8 Å². The van der Waals surface area contributed by atoms with E-state index in [1.54, 1.807) is 0 Å². The number of fused-ring (bicyclic) bond motifs is 2. The second-order valence-corrected chi connectivity index (χ2v) is 8.76. The molecule has 1 unspecified atom stereocenters. The van der Waals surface area contributed by atoms with Crippen molar-refractivity contribution >= 4 is 30.8 Å². The molecule has 2 aromatic rings. The maximum absolute atomic E-state index is 11.1. The number of aliphatic hydroxyl groups is 2. The minimum Gasteiger partial charge on any atom is -0.382 e. The highest BCUT2D eigenvalue weighted by molar-refractivity contribution is 7.46. The number of phosphoric ester groups is 1. The third-order valence-corrected chi connectivity index (χ3v) is 5.96. The summed E-state index contributed by atoms with van der Waals surface area (Å²) in [4.78, 5) is 30.6. The van der Waals surface area contributed by atoms with Gasteiger partial charge in [0.1, 0.15) is 17.8 Å². The normalized spacial score (nSPS) is 37.2. The van der Waals surface area contributed by atoms with Gasteiger partial charge in [0.15, 0.2) is 28.8 Å². The summed E-state index contributed by atoms with van der Waals surface area (Å²) in [7, 11) is -4.87. The molecule has 2 aromatic heterocycles. The molecule has 0 aromatic carbocycles. The summed E-state index contributed by atoms with van der Waals surface area (Å²) in [6, 6.07) is 0.299. The molecule has 3 heterocycles. The summed E-state index contributed by atoms with van der Waals surface area (Å²) < 4.78 is 22.7. The van der Waals surface area contributed by atoms with Crippen LogP contribution < -0.4 is 11.1 Å². The van der Waals surface area contributed by atoms with E-state index in [1.165, 1.54) is 17.8 Å². The van der Waals surface area contributed by atoms with Gasteiger partial charge in [0.05, 0.1) is 6.33 Å². The lowest BCUT2D eigenvalue weighted by Crippen LogP contribution is -2.48. The molecule has 7 N–H and O–H groups in total. The molecule has 1 saturated heterocycles. The van der Waals surface area contributed by atoms with Gasteiger partial charge in [-0.25, -0.2) is 9.55 Å². The van der Waals surface area contributed by atoms with E-state index in [4.69, 9.17) is 20.3 Å². The summed E-state index contributed by atoms with van der Waals surface area (Å²) >= 11 is 0. The monoisotopic (exact) mass is 414 g/mol. The van der Waals surface area contributed by atoms with Gasteiger partial charge in [0.2, 0.25) is 5.95 Å². The fourth-order valence-corrected chi connectivity index (χ4v) is 4.35. The highest BCUT2D eigenvalue weighted by Gasteiger charge is 2.84. The van der Waals surface area contributed by atoms with Crippen LogP contribution in [-0.2, 0) is 13.8 Å². The van der Waals surface area contributed by atoms with Crippen LogP contribution in [0, 0.1) is 0 Å². The Balaban J connectivity index is 1.50. The van der Waals surface area contributed by atoms with Crippen LogP contribution in [0.4, 0.5) is 11.8 Å². The average Bonchev–Trinajstić information content (AvgIpc) is 3.40. The molecule has 0 bridgehead atoms. The number of imidazole rings is 1. The fourth-order valence-electron chi connectivity index (χ4n) is 3.78. The van der Waals surface area contributed by atoms with Gasteiger partial charge in [0.25, 0.3) is 0 Å². The molecule has 0 amide bonds. The molecular formula is C14H19N6O7P. The van der Waals surface area contributed by atoms with Crippen LogP contribution in [0.1, 0.15) is 26.0 Å². The number of aromatic nitrogens is 4. The largest absolute Gasteiger partial charge is 0.470 e. The van der Waals surface area contributed by atoms with Crippen LogP contribution in [0.15, 0.2) is 6.33 Å². The second-order valence-electron chi connectivity index (χ2n) is 7.57. The van der Waals surface area contributed by atoms with E-state index in [-0.39, 0.29) is 5.95 Å². The van der Waals surface area contributed by atoms with Crippen molar-refractivity contribution in [1.29, 1.82) is 0 Å². The predicted octanol–water partition coefficient (Wildman–Crippen LogP) is -1.15. The average molecular weight is 414 g/mol. The van der Waals surface area contributed by atoms with Crippen molar-refractivity contribution in [2.24, 2.45) is 0 Å². The van der Waals surface area contributed by atoms with Gasteiger partial charge in [-0.1, -0.05) is 0 Å². The van der Waals surface area contributed by atoms with Crippen LogP contribution in [-0.4, -0.2) is 69.0 Å². The lowest BCUT2D eigenvalue weighted by Gasteiger charge is -2.32. The number of anilines is 2. The number of hydrogen-bond acceptors (Lipinski definition) is 10. The van der Waals surface area contributed by atoms with Crippen molar-refractivity contribution in [3.05, 3.63) is 6.33 Å². The van der Waals surface area contributed by atoms with E-state index in [0.717, 1.165) is 12.8 Å². The third-order valence-electron chi connectivity index (χ3n) is 5.46. The first kappa shape index (κ1) is 18.2. The van der Waals surface area contributed by atoms with E-state index in [9.17, 15) is 14.8 Å². The molecule has 5 rings (SSSR count). The molecule has 1 aliphatic heterocycles. The molecule has 28 heavy (non-hydrogen) atoms. The summed E-state index contributed by atoms with van der Waals surface area (Å²) in [6.45, 7) is 1.29. The number of hydrogen-bond donors (Lipinski definition) is 6. The molecular weight excluding hydrogens is 395 g/mol. The summed E-state index contributed by atoms with van der Waals surface area (Å²) in [6.07, 6.45) is -0.206. The van der Waals surface area contributed by atoms with Crippen molar-refractivity contribution in [1.82, 2.24) is 19.5 Å². The predicted molar refractivity (Wildman–Crippen MR) is 92.8 cm³/mol. The first-order chi connectivity index (χ1) is 13.0. The maximum atomic E-state index is 11.1. The van der Waals surface area contributed by atoms with Crippen molar-refractivity contribution in [3.8, 4) is 0 Å². The topological polar surface area (TPSA) is 198 Å². The molecule has 5 atom stereocenters. The molecule has 0 spiro atoms. The zero-order chi connectivity index (χ0) is 20.1. The van der Waals surface area contributed by atoms with E-state index >= 15 is 0 Å². The van der Waals surface area contributed by atoms with Crippen LogP contribution in [0.2, 0.25) is 0 Å². The number of rotatable bonds is 5. The highest BCUT2D eigenvalue weighted by atomic mass is 31.2. The summed E-state index contributed by atoms with van der Waals surface area (Å²) in [5.74, 6) is 0.467. The summed E-state index contributed by atoms with van der Waals surface area (Å²) in [5.41, 5.74) is 2.58. The Bertz CT molecular complexity index is 1020. The molecule has 2 saturated carbocycles. The first-order valence-electron chi connectivity index (χ1n) is 8.63. The van der Waals surface area contributed by atoms with Crippen LogP contribution in [0.3, 0.4) is 0 Å². The zero-order valence-electron chi connectivity index (χ0n) is 14.6. The molecule has 13 nitrogen and oxygen atoms in total. The first-order valence-corrected chi connectivity index (χ1v) is 10.2. The molecule has 3 aliphatic rings. The maximum Gasteiger partial charge on any atom is 0.470 e. The van der Waals surface area contributed by atoms with Gasteiger partial charge in [-0.2, -0.15) is 9.97 Å². The number of phosphoric acid groups is 1. The minimum atomic E-state index is -4.87. The van der Waals surface area contributed by atoms with Crippen LogP contribution in [0.5, 0.6) is 0 Å². The van der Waals surface area contributed by atoms with E-state index in [0.29, 0.717) is 23.0 Å². The second kappa shape index (κ2) is 5.39. The smallest absolute Gasteiger partial charge is 0.382 e. The highest BCUT2D eigenvalue weighted by Crippen LogP contribution is 2.64. The molecule has 2 aliphatic carbocycles. The van der Waals surface area contributed by atoms with E-state index in [1.807, 2.05) is 0 Å². The Labute approximate surface area is 157 Å². The molecule has 3 fully saturated rings. The SMILES string of the molecule is C[C@]1(O)[C@H](n2cnc3c(NC4CC4)nc(N)nc32)O[C@@H]2C(OP(=O)(O)O)[C@@]21O. The van der Waals surface area contributed by atoms with E-state index < -0.39 is 37.5 Å². The molecule has 0 radical (unpaired) electrons. The number of ether oxygens (including phenoxy) is 1. The quantitative estimate of drug-likeness (QED) is 0.322. The number of nitrogens with one attached hydrogen (secondary N) is 1. The Morgan fingerprint density at radius 2 is 2.11 bits per heavy atom. The van der Waals surface area contributed by atoms with E-state index in [2.05, 4.69) is 24.8 Å². The van der Waals surface area contributed by atoms with Gasteiger partial charge in [-0.15, -0.1) is 0 Å². The van der Waals surface area contributed by atoms with Gasteiger partial charge < -0.3 is 35.8 Å². The van der Waals surface area contributed by atoms with Crippen molar-refractivity contribution in [2.75, 3.05) is 11.1 Å². The van der Waals surface area contributed by atoms with Crippen LogP contribution >= 0.6 is 7.82 Å². The Morgan fingerprint density at radius 3 is 2.68 bits per heavy atom. The minimum absolute atomic E-state index is 0.00150. The lowest BCUT2D eigenvalue weighted by molar-refractivity contribution is -0.155.